The average molecular weight is 362 g/mol. The molecule has 1 aromatic rings. The van der Waals surface area contributed by atoms with Crippen LogP contribution in [-0.4, -0.2) is 42.5 Å². The minimum absolute atomic E-state index is 0.150. The third kappa shape index (κ3) is 5.15. The summed E-state index contributed by atoms with van der Waals surface area (Å²) < 4.78 is 5.63. The lowest BCUT2D eigenvalue weighted by Crippen LogP contribution is -2.33. The van der Waals surface area contributed by atoms with Crippen LogP contribution in [0.4, 0.5) is 0 Å². The van der Waals surface area contributed by atoms with Crippen LogP contribution >= 0.6 is 27.7 Å². The highest BCUT2D eigenvalue weighted by molar-refractivity contribution is 9.10. The standard InChI is InChI=1S/C13H16BrNO4S/c1-8(12(16)15-5-6-19-2)20-11-7-9(14)3-4-10(11)13(17)18/h3-4,7-8H,5-6H2,1-2H3,(H,15,16)(H,17,18). The van der Waals surface area contributed by atoms with Crippen LogP contribution in [0.2, 0.25) is 0 Å². The lowest BCUT2D eigenvalue weighted by atomic mass is 10.2. The molecule has 5 nitrogen and oxygen atoms in total. The quantitative estimate of drug-likeness (QED) is 0.576. The van der Waals surface area contributed by atoms with Crippen molar-refractivity contribution in [2.75, 3.05) is 20.3 Å². The molecule has 1 unspecified atom stereocenters. The zero-order valence-corrected chi connectivity index (χ0v) is 13.6. The van der Waals surface area contributed by atoms with E-state index in [-0.39, 0.29) is 16.7 Å². The number of carbonyl (C=O) groups excluding carboxylic acids is 1. The number of carbonyl (C=O) groups is 2. The molecule has 0 saturated heterocycles. The van der Waals surface area contributed by atoms with Crippen molar-refractivity contribution in [3.05, 3.63) is 28.2 Å². The number of hydrogen-bond donors (Lipinski definition) is 2. The van der Waals surface area contributed by atoms with Crippen LogP contribution < -0.4 is 5.32 Å². The molecule has 0 aromatic heterocycles. The molecule has 1 amide bonds. The van der Waals surface area contributed by atoms with Gasteiger partial charge in [-0.2, -0.15) is 0 Å². The maximum atomic E-state index is 11.8. The molecule has 0 radical (unpaired) electrons. The molecule has 110 valence electrons. The third-order valence-electron chi connectivity index (χ3n) is 2.45. The predicted octanol–water partition coefficient (Wildman–Crippen LogP) is 2.39. The van der Waals surface area contributed by atoms with Gasteiger partial charge in [0.25, 0.3) is 0 Å². The number of aromatic carboxylic acids is 1. The molecule has 20 heavy (non-hydrogen) atoms. The van der Waals surface area contributed by atoms with Gasteiger partial charge in [-0.3, -0.25) is 4.79 Å². The van der Waals surface area contributed by atoms with Gasteiger partial charge in [0.1, 0.15) is 0 Å². The molecule has 0 aliphatic carbocycles. The first-order chi connectivity index (χ1) is 9.45. The first kappa shape index (κ1) is 17.0. The number of benzene rings is 1. The first-order valence-corrected chi connectivity index (χ1v) is 7.59. The fourth-order valence-corrected chi connectivity index (χ4v) is 3.00. The highest BCUT2D eigenvalue weighted by Crippen LogP contribution is 2.29. The average Bonchev–Trinajstić information content (AvgIpc) is 2.38. The lowest BCUT2D eigenvalue weighted by molar-refractivity contribution is -0.120. The van der Waals surface area contributed by atoms with Crippen molar-refractivity contribution in [3.63, 3.8) is 0 Å². The Bertz CT molecular complexity index is 495. The highest BCUT2D eigenvalue weighted by atomic mass is 79.9. The van der Waals surface area contributed by atoms with Gasteiger partial charge in [-0.05, 0) is 25.1 Å². The molecule has 0 saturated carbocycles. The fourth-order valence-electron chi connectivity index (χ4n) is 1.43. The van der Waals surface area contributed by atoms with Crippen LogP contribution in [0.15, 0.2) is 27.6 Å². The van der Waals surface area contributed by atoms with Crippen molar-refractivity contribution in [2.24, 2.45) is 0 Å². The summed E-state index contributed by atoms with van der Waals surface area (Å²) in [5, 5.41) is 11.5. The lowest BCUT2D eigenvalue weighted by Gasteiger charge is -2.13. The molecule has 7 heteroatoms. The van der Waals surface area contributed by atoms with Crippen LogP contribution in [0.25, 0.3) is 0 Å². The summed E-state index contributed by atoms with van der Waals surface area (Å²) in [7, 11) is 1.56. The zero-order chi connectivity index (χ0) is 15.1. The van der Waals surface area contributed by atoms with E-state index in [1.807, 2.05) is 0 Å². The Morgan fingerprint density at radius 1 is 1.50 bits per heavy atom. The molecule has 1 atom stereocenters. The summed E-state index contributed by atoms with van der Waals surface area (Å²) >= 11 is 4.52. The smallest absolute Gasteiger partial charge is 0.336 e. The normalized spacial score (nSPS) is 11.9. The summed E-state index contributed by atoms with van der Waals surface area (Å²) in [6, 6.07) is 4.88. The van der Waals surface area contributed by atoms with Crippen molar-refractivity contribution in [2.45, 2.75) is 17.1 Å². The summed E-state index contributed by atoms with van der Waals surface area (Å²) in [6.45, 7) is 2.62. The Morgan fingerprint density at radius 2 is 2.20 bits per heavy atom. The SMILES string of the molecule is COCCNC(=O)C(C)Sc1cc(Br)ccc1C(=O)O. The van der Waals surface area contributed by atoms with Gasteiger partial charge in [-0.25, -0.2) is 4.79 Å². The number of methoxy groups -OCH3 is 1. The van der Waals surface area contributed by atoms with Crippen molar-refractivity contribution >= 4 is 39.6 Å². The maximum Gasteiger partial charge on any atom is 0.336 e. The number of carboxylic acid groups (broad SMARTS) is 1. The van der Waals surface area contributed by atoms with Gasteiger partial charge >= 0.3 is 5.97 Å². The van der Waals surface area contributed by atoms with E-state index in [1.165, 1.54) is 17.8 Å². The van der Waals surface area contributed by atoms with Gasteiger partial charge in [0.2, 0.25) is 5.91 Å². The molecule has 2 N–H and O–H groups in total. The van der Waals surface area contributed by atoms with E-state index in [0.29, 0.717) is 18.0 Å². The van der Waals surface area contributed by atoms with Crippen molar-refractivity contribution < 1.29 is 19.4 Å². The molecule has 0 spiro atoms. The number of carboxylic acids is 1. The van der Waals surface area contributed by atoms with Gasteiger partial charge in [0, 0.05) is 23.0 Å². The second-order valence-electron chi connectivity index (χ2n) is 3.99. The molecule has 0 bridgehead atoms. The number of halogens is 1. The Labute approximate surface area is 130 Å². The molecular weight excluding hydrogens is 346 g/mol. The van der Waals surface area contributed by atoms with Crippen molar-refractivity contribution in [1.29, 1.82) is 0 Å². The van der Waals surface area contributed by atoms with Crippen LogP contribution in [0.1, 0.15) is 17.3 Å². The summed E-state index contributed by atoms with van der Waals surface area (Å²) in [5.41, 5.74) is 0.190. The number of ether oxygens (including phenoxy) is 1. The molecule has 0 fully saturated rings. The van der Waals surface area contributed by atoms with E-state index in [9.17, 15) is 9.59 Å². The number of amides is 1. The minimum atomic E-state index is -1.01. The van der Waals surface area contributed by atoms with Gasteiger partial charge in [0.15, 0.2) is 0 Å². The Hall–Kier alpha value is -1.05. The van der Waals surface area contributed by atoms with Gasteiger partial charge < -0.3 is 15.2 Å². The van der Waals surface area contributed by atoms with Crippen molar-refractivity contribution in [1.82, 2.24) is 5.32 Å². The second-order valence-corrected chi connectivity index (χ2v) is 6.29. The first-order valence-electron chi connectivity index (χ1n) is 5.92. The molecule has 0 aliphatic heterocycles. The van der Waals surface area contributed by atoms with E-state index >= 15 is 0 Å². The number of hydrogen-bond acceptors (Lipinski definition) is 4. The van der Waals surface area contributed by atoms with E-state index in [1.54, 1.807) is 26.2 Å². The molecule has 0 aliphatic rings. The topological polar surface area (TPSA) is 75.6 Å². The van der Waals surface area contributed by atoms with Gasteiger partial charge in [0.05, 0.1) is 17.4 Å². The van der Waals surface area contributed by atoms with E-state index in [0.717, 1.165) is 4.47 Å². The Balaban J connectivity index is 2.74. The number of rotatable bonds is 7. The van der Waals surface area contributed by atoms with E-state index < -0.39 is 5.97 Å². The fraction of sp³-hybridized carbons (Fsp3) is 0.385. The number of thioether (sulfide) groups is 1. The van der Waals surface area contributed by atoms with Gasteiger partial charge in [-0.1, -0.05) is 15.9 Å². The van der Waals surface area contributed by atoms with Crippen molar-refractivity contribution in [3.8, 4) is 0 Å². The summed E-state index contributed by atoms with van der Waals surface area (Å²) in [6.07, 6.45) is 0. The summed E-state index contributed by atoms with van der Waals surface area (Å²) in [4.78, 5) is 23.5. The monoisotopic (exact) mass is 361 g/mol. The van der Waals surface area contributed by atoms with E-state index in [2.05, 4.69) is 21.2 Å². The zero-order valence-electron chi connectivity index (χ0n) is 11.2. The van der Waals surface area contributed by atoms with Crippen LogP contribution in [0, 0.1) is 0 Å². The molecular formula is C13H16BrNO4S. The van der Waals surface area contributed by atoms with Crippen LogP contribution in [0.5, 0.6) is 0 Å². The largest absolute Gasteiger partial charge is 0.478 e. The Morgan fingerprint density at radius 3 is 2.80 bits per heavy atom. The third-order valence-corrected chi connectivity index (χ3v) is 4.11. The molecule has 1 aromatic carbocycles. The maximum absolute atomic E-state index is 11.8. The Kier molecular flexibility index (Phi) is 7.04. The van der Waals surface area contributed by atoms with E-state index in [4.69, 9.17) is 9.84 Å². The summed E-state index contributed by atoms with van der Waals surface area (Å²) in [5.74, 6) is -1.16. The predicted molar refractivity (Wildman–Crippen MR) is 81.3 cm³/mol. The second kappa shape index (κ2) is 8.28. The van der Waals surface area contributed by atoms with Crippen LogP contribution in [-0.2, 0) is 9.53 Å². The molecule has 0 heterocycles. The van der Waals surface area contributed by atoms with Gasteiger partial charge in [-0.15, -0.1) is 11.8 Å². The molecule has 1 rings (SSSR count). The van der Waals surface area contributed by atoms with Crippen LogP contribution in [0.3, 0.4) is 0 Å². The minimum Gasteiger partial charge on any atom is -0.478 e. The highest BCUT2D eigenvalue weighted by Gasteiger charge is 2.18. The number of nitrogens with one attached hydrogen (secondary N) is 1.